The first-order valence-electron chi connectivity index (χ1n) is 7.49. The zero-order valence-electron chi connectivity index (χ0n) is 11.9. The molecule has 116 valence electrons. The third-order valence-electron chi connectivity index (χ3n) is 4.13. The van der Waals surface area contributed by atoms with Crippen molar-refractivity contribution in [2.75, 3.05) is 23.3 Å². The minimum absolute atomic E-state index is 0.277. The van der Waals surface area contributed by atoms with Crippen LogP contribution in [0.15, 0.2) is 22.6 Å². The maximum absolute atomic E-state index is 6.28. The van der Waals surface area contributed by atoms with Crippen molar-refractivity contribution in [3.8, 4) is 0 Å². The second kappa shape index (κ2) is 5.63. The predicted molar refractivity (Wildman–Crippen MR) is 87.0 cm³/mol. The standard InChI is InChI=1S/C15H16Cl2N4O/c16-10-3-4-13(12(17)7-10)21-6-5-11(8-21)18-15-20-19-14(22-15)9-1-2-9/h3-4,7,9,11H,1-2,5-6,8H2,(H,18,20). The second-order valence-corrected chi connectivity index (χ2v) is 6.74. The first-order chi connectivity index (χ1) is 10.7. The minimum Gasteiger partial charge on any atom is -0.408 e. The molecule has 1 atom stereocenters. The van der Waals surface area contributed by atoms with Gasteiger partial charge in [0.05, 0.1) is 10.7 Å². The summed E-state index contributed by atoms with van der Waals surface area (Å²) in [4.78, 5) is 2.24. The van der Waals surface area contributed by atoms with E-state index in [9.17, 15) is 0 Å². The van der Waals surface area contributed by atoms with E-state index in [0.717, 1.165) is 43.9 Å². The fourth-order valence-corrected chi connectivity index (χ4v) is 3.33. The monoisotopic (exact) mass is 338 g/mol. The van der Waals surface area contributed by atoms with E-state index in [-0.39, 0.29) is 6.04 Å². The summed E-state index contributed by atoms with van der Waals surface area (Å²) in [6, 6.07) is 6.41. The van der Waals surface area contributed by atoms with Gasteiger partial charge in [0.25, 0.3) is 0 Å². The Hall–Kier alpha value is -1.46. The molecule has 1 saturated carbocycles. The second-order valence-electron chi connectivity index (χ2n) is 5.89. The number of rotatable bonds is 4. The van der Waals surface area contributed by atoms with Gasteiger partial charge in [-0.25, -0.2) is 0 Å². The van der Waals surface area contributed by atoms with Gasteiger partial charge in [-0.15, -0.1) is 5.10 Å². The van der Waals surface area contributed by atoms with Crippen LogP contribution in [0.5, 0.6) is 0 Å². The molecule has 5 nitrogen and oxygen atoms in total. The highest BCUT2D eigenvalue weighted by Crippen LogP contribution is 2.39. The van der Waals surface area contributed by atoms with E-state index >= 15 is 0 Å². The summed E-state index contributed by atoms with van der Waals surface area (Å²) in [5.41, 5.74) is 1.01. The lowest BCUT2D eigenvalue weighted by Crippen LogP contribution is -2.26. The van der Waals surface area contributed by atoms with Gasteiger partial charge in [0.15, 0.2) is 0 Å². The summed E-state index contributed by atoms with van der Waals surface area (Å²) in [7, 11) is 0. The van der Waals surface area contributed by atoms with Crippen molar-refractivity contribution in [3.05, 3.63) is 34.1 Å². The zero-order chi connectivity index (χ0) is 15.1. The fraction of sp³-hybridized carbons (Fsp3) is 0.467. The highest BCUT2D eigenvalue weighted by molar-refractivity contribution is 6.36. The van der Waals surface area contributed by atoms with E-state index in [2.05, 4.69) is 20.4 Å². The summed E-state index contributed by atoms with van der Waals surface area (Å²) in [5.74, 6) is 1.24. The number of hydrogen-bond donors (Lipinski definition) is 1. The van der Waals surface area contributed by atoms with Crippen LogP contribution in [0.4, 0.5) is 11.7 Å². The molecule has 0 bridgehead atoms. The third-order valence-corrected chi connectivity index (χ3v) is 4.67. The zero-order valence-corrected chi connectivity index (χ0v) is 13.4. The number of hydrogen-bond acceptors (Lipinski definition) is 5. The Bertz CT molecular complexity index is 686. The number of nitrogens with one attached hydrogen (secondary N) is 1. The van der Waals surface area contributed by atoms with Gasteiger partial charge in [-0.1, -0.05) is 28.3 Å². The third kappa shape index (κ3) is 2.88. The molecule has 0 spiro atoms. The van der Waals surface area contributed by atoms with Crippen LogP contribution in [0, 0.1) is 0 Å². The highest BCUT2D eigenvalue weighted by Gasteiger charge is 2.30. The van der Waals surface area contributed by atoms with Crippen LogP contribution in [0.2, 0.25) is 10.0 Å². The van der Waals surface area contributed by atoms with Crippen LogP contribution in [-0.2, 0) is 0 Å². The normalized spacial score (nSPS) is 21.4. The van der Waals surface area contributed by atoms with Crippen molar-refractivity contribution in [3.63, 3.8) is 0 Å². The Morgan fingerprint density at radius 1 is 1.18 bits per heavy atom. The lowest BCUT2D eigenvalue weighted by atomic mass is 10.3. The van der Waals surface area contributed by atoms with Crippen molar-refractivity contribution < 1.29 is 4.42 Å². The van der Waals surface area contributed by atoms with Gasteiger partial charge in [0.2, 0.25) is 5.89 Å². The minimum atomic E-state index is 0.277. The summed E-state index contributed by atoms with van der Waals surface area (Å²) in [6.07, 6.45) is 3.32. The fourth-order valence-electron chi connectivity index (χ4n) is 2.80. The van der Waals surface area contributed by atoms with E-state index in [0.29, 0.717) is 22.0 Å². The van der Waals surface area contributed by atoms with Gasteiger partial charge in [0, 0.05) is 30.1 Å². The average molecular weight is 339 g/mol. The molecule has 2 fully saturated rings. The smallest absolute Gasteiger partial charge is 0.315 e. The Labute approximate surface area is 138 Å². The molecule has 7 heteroatoms. The van der Waals surface area contributed by atoms with E-state index in [1.54, 1.807) is 6.07 Å². The van der Waals surface area contributed by atoms with Crippen LogP contribution in [0.1, 0.15) is 31.1 Å². The van der Waals surface area contributed by atoms with Gasteiger partial charge in [-0.05, 0) is 37.5 Å². The van der Waals surface area contributed by atoms with Crippen molar-refractivity contribution in [1.82, 2.24) is 10.2 Å². The number of benzene rings is 1. The Morgan fingerprint density at radius 2 is 2.05 bits per heavy atom. The molecule has 0 amide bonds. The summed E-state index contributed by atoms with van der Waals surface area (Å²) in [6.45, 7) is 1.78. The number of halogens is 2. The summed E-state index contributed by atoms with van der Waals surface area (Å²) >= 11 is 12.2. The Morgan fingerprint density at radius 3 is 2.82 bits per heavy atom. The number of aromatic nitrogens is 2. The van der Waals surface area contributed by atoms with Gasteiger partial charge in [0.1, 0.15) is 0 Å². The first-order valence-corrected chi connectivity index (χ1v) is 8.24. The molecule has 1 aromatic carbocycles. The molecule has 1 aliphatic carbocycles. The quantitative estimate of drug-likeness (QED) is 0.914. The molecular formula is C15H16Cl2N4O. The molecule has 2 heterocycles. The maximum Gasteiger partial charge on any atom is 0.315 e. The van der Waals surface area contributed by atoms with Crippen molar-refractivity contribution in [1.29, 1.82) is 0 Å². The molecule has 1 aliphatic heterocycles. The van der Waals surface area contributed by atoms with E-state index < -0.39 is 0 Å². The molecule has 22 heavy (non-hydrogen) atoms. The molecule has 4 rings (SSSR count). The number of nitrogens with zero attached hydrogens (tertiary/aromatic N) is 3. The molecule has 1 unspecified atom stereocenters. The summed E-state index contributed by atoms with van der Waals surface area (Å²) < 4.78 is 5.65. The molecule has 2 aromatic rings. The van der Waals surface area contributed by atoms with E-state index in [1.165, 1.54) is 0 Å². The van der Waals surface area contributed by atoms with E-state index in [1.807, 2.05) is 12.1 Å². The lowest BCUT2D eigenvalue weighted by Gasteiger charge is -2.20. The summed E-state index contributed by atoms with van der Waals surface area (Å²) in [5, 5.41) is 12.8. The molecule has 1 N–H and O–H groups in total. The van der Waals surface area contributed by atoms with Crippen molar-refractivity contribution >= 4 is 34.9 Å². The Kier molecular flexibility index (Phi) is 3.62. The highest BCUT2D eigenvalue weighted by atomic mass is 35.5. The van der Waals surface area contributed by atoms with Crippen LogP contribution in [0.3, 0.4) is 0 Å². The molecule has 1 saturated heterocycles. The number of anilines is 2. The first kappa shape index (κ1) is 14.2. The van der Waals surface area contributed by atoms with Crippen LogP contribution in [0.25, 0.3) is 0 Å². The molecule has 0 radical (unpaired) electrons. The molecular weight excluding hydrogens is 323 g/mol. The molecule has 1 aromatic heterocycles. The maximum atomic E-state index is 6.28. The lowest BCUT2D eigenvalue weighted by molar-refractivity contribution is 0.502. The van der Waals surface area contributed by atoms with Gasteiger partial charge < -0.3 is 14.6 Å². The van der Waals surface area contributed by atoms with Crippen LogP contribution >= 0.6 is 23.2 Å². The average Bonchev–Trinajstić information content (AvgIpc) is 3.06. The topological polar surface area (TPSA) is 54.2 Å². The van der Waals surface area contributed by atoms with Crippen LogP contribution in [-0.4, -0.2) is 29.3 Å². The van der Waals surface area contributed by atoms with Gasteiger partial charge >= 0.3 is 6.01 Å². The SMILES string of the molecule is Clc1ccc(N2CCC(Nc3nnc(C4CC4)o3)C2)c(Cl)c1. The molecule has 2 aliphatic rings. The Balaban J connectivity index is 1.41. The van der Waals surface area contributed by atoms with Crippen molar-refractivity contribution in [2.24, 2.45) is 0 Å². The largest absolute Gasteiger partial charge is 0.408 e. The van der Waals surface area contributed by atoms with Crippen molar-refractivity contribution in [2.45, 2.75) is 31.2 Å². The van der Waals surface area contributed by atoms with Gasteiger partial charge in [-0.3, -0.25) is 0 Å². The van der Waals surface area contributed by atoms with Gasteiger partial charge in [-0.2, -0.15) is 0 Å². The predicted octanol–water partition coefficient (Wildman–Crippen LogP) is 3.94. The van der Waals surface area contributed by atoms with E-state index in [4.69, 9.17) is 27.6 Å². The van der Waals surface area contributed by atoms with Crippen LogP contribution < -0.4 is 10.2 Å².